The molecule has 3 aromatic rings. The standard InChI is InChI=1S/C22H23FN4O2/c23-18-5-3-4-16(12-18)9-11-26-15-17(7-8-21(26)28)22(29)25-14-19-13-24-20-6-1-2-10-27(19)20/h1-6,10,12-13,17H,7-9,11,14-15H2,(H,25,29)/t17-/m1/s1. The molecule has 1 atom stereocenters. The van der Waals surface area contributed by atoms with E-state index in [0.29, 0.717) is 38.9 Å². The van der Waals surface area contributed by atoms with Gasteiger partial charge in [0.25, 0.3) is 0 Å². The second-order valence-electron chi connectivity index (χ2n) is 7.35. The van der Waals surface area contributed by atoms with E-state index in [1.165, 1.54) is 12.1 Å². The van der Waals surface area contributed by atoms with Crippen LogP contribution in [0.3, 0.4) is 0 Å². The highest BCUT2D eigenvalue weighted by molar-refractivity contribution is 5.83. The van der Waals surface area contributed by atoms with E-state index in [9.17, 15) is 14.0 Å². The average Bonchev–Trinajstić information content (AvgIpc) is 3.14. The molecule has 2 aromatic heterocycles. The molecule has 1 aliphatic rings. The van der Waals surface area contributed by atoms with Crippen LogP contribution in [0.2, 0.25) is 0 Å². The molecule has 0 aliphatic carbocycles. The summed E-state index contributed by atoms with van der Waals surface area (Å²) in [5.41, 5.74) is 2.59. The van der Waals surface area contributed by atoms with Crippen LogP contribution in [0.4, 0.5) is 4.39 Å². The van der Waals surface area contributed by atoms with E-state index >= 15 is 0 Å². The first-order chi connectivity index (χ1) is 14.1. The van der Waals surface area contributed by atoms with Gasteiger partial charge in [-0.25, -0.2) is 9.37 Å². The summed E-state index contributed by atoms with van der Waals surface area (Å²) < 4.78 is 15.3. The minimum absolute atomic E-state index is 0.0484. The summed E-state index contributed by atoms with van der Waals surface area (Å²) in [5, 5.41) is 2.98. The third-order valence-electron chi connectivity index (χ3n) is 5.37. The van der Waals surface area contributed by atoms with E-state index in [2.05, 4.69) is 10.3 Å². The van der Waals surface area contributed by atoms with Crippen molar-refractivity contribution in [2.75, 3.05) is 13.1 Å². The molecule has 7 heteroatoms. The molecule has 0 saturated carbocycles. The number of amides is 2. The number of piperidine rings is 1. The van der Waals surface area contributed by atoms with E-state index < -0.39 is 0 Å². The van der Waals surface area contributed by atoms with Gasteiger partial charge in [0.1, 0.15) is 11.5 Å². The topological polar surface area (TPSA) is 66.7 Å². The van der Waals surface area contributed by atoms with Crippen LogP contribution in [0, 0.1) is 11.7 Å². The smallest absolute Gasteiger partial charge is 0.225 e. The zero-order chi connectivity index (χ0) is 20.2. The Labute approximate surface area is 168 Å². The van der Waals surface area contributed by atoms with Gasteiger partial charge in [-0.15, -0.1) is 0 Å². The molecule has 6 nitrogen and oxygen atoms in total. The molecule has 3 heterocycles. The van der Waals surface area contributed by atoms with Crippen molar-refractivity contribution in [2.24, 2.45) is 5.92 Å². The molecular weight excluding hydrogens is 371 g/mol. The van der Waals surface area contributed by atoms with Crippen molar-refractivity contribution in [1.29, 1.82) is 0 Å². The molecule has 0 radical (unpaired) electrons. The summed E-state index contributed by atoms with van der Waals surface area (Å²) in [6.07, 6.45) is 5.15. The number of halogens is 1. The first-order valence-electron chi connectivity index (χ1n) is 9.81. The molecule has 2 amide bonds. The molecule has 1 aromatic carbocycles. The SMILES string of the molecule is O=C(NCc1cnc2ccccn12)[C@@H]1CCC(=O)N(CCc2cccc(F)c2)C1. The lowest BCUT2D eigenvalue weighted by Crippen LogP contribution is -2.46. The normalized spacial score (nSPS) is 16.9. The highest BCUT2D eigenvalue weighted by Gasteiger charge is 2.30. The molecule has 4 rings (SSSR count). The third-order valence-corrected chi connectivity index (χ3v) is 5.37. The van der Waals surface area contributed by atoms with Gasteiger partial charge < -0.3 is 14.6 Å². The van der Waals surface area contributed by atoms with Crippen LogP contribution in [-0.2, 0) is 22.6 Å². The van der Waals surface area contributed by atoms with Crippen LogP contribution >= 0.6 is 0 Å². The van der Waals surface area contributed by atoms with Gasteiger partial charge in [-0.3, -0.25) is 9.59 Å². The third kappa shape index (κ3) is 4.45. The molecule has 150 valence electrons. The van der Waals surface area contributed by atoms with Gasteiger partial charge >= 0.3 is 0 Å². The zero-order valence-electron chi connectivity index (χ0n) is 16.1. The van der Waals surface area contributed by atoms with Crippen molar-refractivity contribution in [3.63, 3.8) is 0 Å². The first kappa shape index (κ1) is 19.1. The number of hydrogen-bond donors (Lipinski definition) is 1. The van der Waals surface area contributed by atoms with E-state index in [1.807, 2.05) is 34.9 Å². The van der Waals surface area contributed by atoms with Crippen molar-refractivity contribution < 1.29 is 14.0 Å². The fourth-order valence-electron chi connectivity index (χ4n) is 3.74. The van der Waals surface area contributed by atoms with E-state index in [4.69, 9.17) is 0 Å². The van der Waals surface area contributed by atoms with Crippen molar-refractivity contribution >= 4 is 17.5 Å². The van der Waals surface area contributed by atoms with Crippen LogP contribution in [-0.4, -0.2) is 39.2 Å². The number of fused-ring (bicyclic) bond motifs is 1. The summed E-state index contributed by atoms with van der Waals surface area (Å²) in [7, 11) is 0. The Kier molecular flexibility index (Phi) is 5.55. The van der Waals surface area contributed by atoms with E-state index in [1.54, 1.807) is 17.2 Å². The predicted molar refractivity (Wildman–Crippen MR) is 106 cm³/mol. The van der Waals surface area contributed by atoms with Gasteiger partial charge in [0.05, 0.1) is 24.4 Å². The van der Waals surface area contributed by atoms with Gasteiger partial charge in [0, 0.05) is 25.7 Å². The summed E-state index contributed by atoms with van der Waals surface area (Å²) in [6, 6.07) is 12.1. The van der Waals surface area contributed by atoms with Crippen molar-refractivity contribution in [3.05, 3.63) is 71.9 Å². The monoisotopic (exact) mass is 394 g/mol. The Morgan fingerprint density at radius 1 is 1.24 bits per heavy atom. The highest BCUT2D eigenvalue weighted by Crippen LogP contribution is 2.19. The van der Waals surface area contributed by atoms with Gasteiger partial charge in [-0.1, -0.05) is 18.2 Å². The van der Waals surface area contributed by atoms with Gasteiger partial charge in [-0.2, -0.15) is 0 Å². The largest absolute Gasteiger partial charge is 0.350 e. The van der Waals surface area contributed by atoms with Crippen LogP contribution in [0.5, 0.6) is 0 Å². The lowest BCUT2D eigenvalue weighted by Gasteiger charge is -2.32. The maximum absolute atomic E-state index is 13.3. The quantitative estimate of drug-likeness (QED) is 0.699. The minimum Gasteiger partial charge on any atom is -0.350 e. The fourth-order valence-corrected chi connectivity index (χ4v) is 3.74. The van der Waals surface area contributed by atoms with Crippen LogP contribution in [0.25, 0.3) is 5.65 Å². The Morgan fingerprint density at radius 2 is 2.14 bits per heavy atom. The molecule has 1 saturated heterocycles. The van der Waals surface area contributed by atoms with Gasteiger partial charge in [0.2, 0.25) is 11.8 Å². The molecule has 1 N–H and O–H groups in total. The van der Waals surface area contributed by atoms with Crippen molar-refractivity contribution in [3.8, 4) is 0 Å². The van der Waals surface area contributed by atoms with Crippen molar-refractivity contribution in [2.45, 2.75) is 25.8 Å². The maximum Gasteiger partial charge on any atom is 0.225 e. The Bertz CT molecular complexity index is 1030. The summed E-state index contributed by atoms with van der Waals surface area (Å²) in [5.74, 6) is -0.525. The van der Waals surface area contributed by atoms with E-state index in [0.717, 1.165) is 16.9 Å². The Morgan fingerprint density at radius 3 is 3.00 bits per heavy atom. The average molecular weight is 394 g/mol. The zero-order valence-corrected chi connectivity index (χ0v) is 16.1. The fraction of sp³-hybridized carbons (Fsp3) is 0.318. The number of hydrogen-bond acceptors (Lipinski definition) is 3. The second-order valence-corrected chi connectivity index (χ2v) is 7.35. The van der Waals surface area contributed by atoms with Crippen LogP contribution < -0.4 is 5.32 Å². The van der Waals surface area contributed by atoms with Gasteiger partial charge in [-0.05, 0) is 42.7 Å². The summed E-state index contributed by atoms with van der Waals surface area (Å²) in [4.78, 5) is 31.0. The Hall–Kier alpha value is -3.22. The number of rotatable bonds is 6. The molecule has 0 bridgehead atoms. The molecule has 29 heavy (non-hydrogen) atoms. The first-order valence-corrected chi connectivity index (χ1v) is 9.81. The summed E-state index contributed by atoms with van der Waals surface area (Å²) >= 11 is 0. The summed E-state index contributed by atoms with van der Waals surface area (Å²) in [6.45, 7) is 1.27. The maximum atomic E-state index is 13.3. The molecule has 0 spiro atoms. The van der Waals surface area contributed by atoms with Crippen LogP contribution in [0.1, 0.15) is 24.1 Å². The number of benzene rings is 1. The number of imidazole rings is 1. The van der Waals surface area contributed by atoms with Crippen LogP contribution in [0.15, 0.2) is 54.9 Å². The minimum atomic E-state index is -0.280. The van der Waals surface area contributed by atoms with E-state index in [-0.39, 0.29) is 23.5 Å². The number of carbonyl (C=O) groups excluding carboxylic acids is 2. The number of nitrogens with one attached hydrogen (secondary N) is 1. The lowest BCUT2D eigenvalue weighted by molar-refractivity contribution is -0.138. The molecular formula is C22H23FN4O2. The number of nitrogens with zero attached hydrogens (tertiary/aromatic N) is 3. The molecule has 1 aliphatic heterocycles. The molecule has 1 fully saturated rings. The number of aromatic nitrogens is 2. The lowest BCUT2D eigenvalue weighted by atomic mass is 9.96. The van der Waals surface area contributed by atoms with Gasteiger partial charge in [0.15, 0.2) is 0 Å². The van der Waals surface area contributed by atoms with Crippen molar-refractivity contribution in [1.82, 2.24) is 19.6 Å². The molecule has 0 unspecified atom stereocenters. The number of carbonyl (C=O) groups is 2. The predicted octanol–water partition coefficient (Wildman–Crippen LogP) is 2.57. The number of pyridine rings is 1. The highest BCUT2D eigenvalue weighted by atomic mass is 19.1. The Balaban J connectivity index is 1.33. The second kappa shape index (κ2) is 8.43. The number of likely N-dealkylation sites (tertiary alicyclic amines) is 1.